The van der Waals surface area contributed by atoms with Crippen LogP contribution in [0.4, 0.5) is 0 Å². The summed E-state index contributed by atoms with van der Waals surface area (Å²) in [7, 11) is 0. The Hall–Kier alpha value is -1.40. The minimum Gasteiger partial charge on any atom is -0.463 e. The summed E-state index contributed by atoms with van der Waals surface area (Å²) in [5, 5.41) is 2.70. The summed E-state index contributed by atoms with van der Waals surface area (Å²) in [6.45, 7) is 6.15. The minimum atomic E-state index is -0.414. The van der Waals surface area contributed by atoms with Gasteiger partial charge in [0.1, 0.15) is 0 Å². The van der Waals surface area contributed by atoms with E-state index >= 15 is 0 Å². The molecular formula is C15H26N2O4. The molecule has 0 aromatic carbocycles. The zero-order valence-electron chi connectivity index (χ0n) is 13.0. The quantitative estimate of drug-likeness (QED) is 0.513. The lowest BCUT2D eigenvalue weighted by molar-refractivity contribution is -0.139. The Morgan fingerprint density at radius 3 is 2.67 bits per heavy atom. The molecule has 0 radical (unpaired) electrons. The number of ether oxygens (including phenoxy) is 2. The topological polar surface area (TPSA) is 90.6 Å². The van der Waals surface area contributed by atoms with Gasteiger partial charge >= 0.3 is 5.97 Å². The smallest absolute Gasteiger partial charge is 0.333 e. The second-order valence-corrected chi connectivity index (χ2v) is 5.13. The molecule has 21 heavy (non-hydrogen) atoms. The molecule has 3 atom stereocenters. The number of nitrogens with two attached hydrogens (primary N) is 1. The van der Waals surface area contributed by atoms with Gasteiger partial charge in [-0.2, -0.15) is 0 Å². The molecule has 0 aliphatic heterocycles. The van der Waals surface area contributed by atoms with Crippen LogP contribution in [0.3, 0.4) is 0 Å². The summed E-state index contributed by atoms with van der Waals surface area (Å²) in [5.74, 6) is -0.365. The van der Waals surface area contributed by atoms with Gasteiger partial charge in [-0.15, -0.1) is 0 Å². The van der Waals surface area contributed by atoms with Crippen molar-refractivity contribution in [2.45, 2.75) is 64.3 Å². The minimum absolute atomic E-state index is 0.0657. The van der Waals surface area contributed by atoms with Crippen LogP contribution in [0.15, 0.2) is 11.6 Å². The van der Waals surface area contributed by atoms with Crippen molar-refractivity contribution in [3.8, 4) is 0 Å². The first kappa shape index (κ1) is 17.7. The van der Waals surface area contributed by atoms with Gasteiger partial charge in [-0.1, -0.05) is 13.8 Å². The van der Waals surface area contributed by atoms with Crippen LogP contribution in [0.5, 0.6) is 0 Å². The first-order valence-corrected chi connectivity index (χ1v) is 7.55. The molecule has 0 aromatic rings. The predicted molar refractivity (Wildman–Crippen MR) is 79.5 cm³/mol. The van der Waals surface area contributed by atoms with E-state index in [0.29, 0.717) is 25.0 Å². The summed E-state index contributed by atoms with van der Waals surface area (Å²) in [4.78, 5) is 22.7. The van der Waals surface area contributed by atoms with Gasteiger partial charge in [0.2, 0.25) is 6.41 Å². The van der Waals surface area contributed by atoms with Crippen molar-refractivity contribution >= 4 is 12.4 Å². The lowest BCUT2D eigenvalue weighted by Crippen LogP contribution is -2.55. The average Bonchev–Trinajstić information content (AvgIpc) is 2.47. The number of hydrogen-bond donors (Lipinski definition) is 2. The Morgan fingerprint density at radius 2 is 2.14 bits per heavy atom. The molecular weight excluding hydrogens is 272 g/mol. The molecule has 0 heterocycles. The van der Waals surface area contributed by atoms with Gasteiger partial charge < -0.3 is 20.5 Å². The highest BCUT2D eigenvalue weighted by atomic mass is 16.5. The van der Waals surface area contributed by atoms with Gasteiger partial charge in [-0.05, 0) is 32.3 Å². The van der Waals surface area contributed by atoms with Gasteiger partial charge in [0, 0.05) is 11.6 Å². The van der Waals surface area contributed by atoms with Crippen molar-refractivity contribution in [2.75, 3.05) is 6.61 Å². The predicted octanol–water partition coefficient (Wildman–Crippen LogP) is 0.895. The molecule has 0 fully saturated rings. The number of carbonyl (C=O) groups is 2. The maximum absolute atomic E-state index is 11.9. The zero-order valence-corrected chi connectivity index (χ0v) is 13.0. The molecule has 3 unspecified atom stereocenters. The average molecular weight is 298 g/mol. The Balaban J connectivity index is 2.93. The Morgan fingerprint density at radius 1 is 1.48 bits per heavy atom. The van der Waals surface area contributed by atoms with Crippen molar-refractivity contribution in [3.05, 3.63) is 11.6 Å². The second kappa shape index (κ2) is 8.79. The maximum Gasteiger partial charge on any atom is 0.333 e. The SMILES string of the molecule is CCOC(=O)C1=CC(OC(CC)CC)C(NC=O)C(N)C1. The van der Waals surface area contributed by atoms with E-state index in [1.54, 1.807) is 13.0 Å². The monoisotopic (exact) mass is 298 g/mol. The fourth-order valence-electron chi connectivity index (χ4n) is 2.49. The molecule has 1 rings (SSSR count). The van der Waals surface area contributed by atoms with E-state index in [4.69, 9.17) is 15.2 Å². The van der Waals surface area contributed by atoms with Gasteiger partial charge in [0.25, 0.3) is 0 Å². The third kappa shape index (κ3) is 4.82. The molecule has 1 aliphatic carbocycles. The van der Waals surface area contributed by atoms with Crippen LogP contribution in [0.25, 0.3) is 0 Å². The lowest BCUT2D eigenvalue weighted by atomic mass is 9.88. The summed E-state index contributed by atoms with van der Waals surface area (Å²) >= 11 is 0. The van der Waals surface area contributed by atoms with E-state index in [0.717, 1.165) is 12.8 Å². The molecule has 1 aliphatic rings. The number of esters is 1. The third-order valence-corrected chi connectivity index (χ3v) is 3.69. The number of amides is 1. The summed E-state index contributed by atoms with van der Waals surface area (Å²) in [6.07, 6.45) is 4.10. The van der Waals surface area contributed by atoms with Crippen LogP contribution in [0.2, 0.25) is 0 Å². The largest absolute Gasteiger partial charge is 0.463 e. The number of rotatable bonds is 8. The van der Waals surface area contributed by atoms with Crippen LogP contribution in [-0.2, 0) is 19.1 Å². The normalized spacial score (nSPS) is 25.4. The van der Waals surface area contributed by atoms with Gasteiger partial charge in [-0.3, -0.25) is 4.79 Å². The molecule has 120 valence electrons. The van der Waals surface area contributed by atoms with Crippen molar-refractivity contribution in [2.24, 2.45) is 5.73 Å². The van der Waals surface area contributed by atoms with Gasteiger partial charge in [-0.25, -0.2) is 4.79 Å². The number of carbonyl (C=O) groups excluding carboxylic acids is 2. The summed E-state index contributed by atoms with van der Waals surface area (Å²) in [6, 6.07) is -0.708. The van der Waals surface area contributed by atoms with Crippen molar-refractivity contribution < 1.29 is 19.1 Å². The molecule has 3 N–H and O–H groups in total. The summed E-state index contributed by atoms with van der Waals surface area (Å²) < 4.78 is 11.0. The highest BCUT2D eigenvalue weighted by Crippen LogP contribution is 2.23. The molecule has 0 saturated carbocycles. The molecule has 6 nitrogen and oxygen atoms in total. The van der Waals surface area contributed by atoms with Crippen molar-refractivity contribution in [1.82, 2.24) is 5.32 Å². The van der Waals surface area contributed by atoms with E-state index in [1.165, 1.54) is 0 Å². The van der Waals surface area contributed by atoms with E-state index in [9.17, 15) is 9.59 Å². The van der Waals surface area contributed by atoms with Gasteiger partial charge in [0.05, 0.1) is 24.9 Å². The fraction of sp³-hybridized carbons (Fsp3) is 0.733. The third-order valence-electron chi connectivity index (χ3n) is 3.69. The molecule has 0 saturated heterocycles. The highest BCUT2D eigenvalue weighted by Gasteiger charge is 2.35. The fourth-order valence-corrected chi connectivity index (χ4v) is 2.49. The first-order chi connectivity index (χ1) is 10.1. The van der Waals surface area contributed by atoms with Crippen LogP contribution in [0.1, 0.15) is 40.0 Å². The van der Waals surface area contributed by atoms with E-state index in [1.807, 2.05) is 13.8 Å². The van der Waals surface area contributed by atoms with Crippen molar-refractivity contribution in [3.63, 3.8) is 0 Å². The van der Waals surface area contributed by atoms with E-state index in [2.05, 4.69) is 5.32 Å². The van der Waals surface area contributed by atoms with E-state index in [-0.39, 0.29) is 24.2 Å². The Labute approximate surface area is 126 Å². The van der Waals surface area contributed by atoms with Crippen LogP contribution < -0.4 is 11.1 Å². The van der Waals surface area contributed by atoms with Crippen LogP contribution >= 0.6 is 0 Å². The van der Waals surface area contributed by atoms with E-state index < -0.39 is 6.10 Å². The molecule has 1 amide bonds. The molecule has 0 bridgehead atoms. The molecule has 0 aromatic heterocycles. The van der Waals surface area contributed by atoms with Crippen LogP contribution in [-0.4, -0.2) is 43.3 Å². The maximum atomic E-state index is 11.9. The molecule has 6 heteroatoms. The summed E-state index contributed by atoms with van der Waals surface area (Å²) in [5.41, 5.74) is 6.61. The standard InChI is InChI=1S/C15H26N2O4/c1-4-11(5-2)21-13-8-10(15(19)20-6-3)7-12(16)14(13)17-9-18/h8-9,11-14H,4-7,16H2,1-3H3,(H,17,18). The lowest BCUT2D eigenvalue weighted by Gasteiger charge is -2.35. The highest BCUT2D eigenvalue weighted by molar-refractivity contribution is 5.89. The Kier molecular flexibility index (Phi) is 7.39. The second-order valence-electron chi connectivity index (χ2n) is 5.13. The number of hydrogen-bond acceptors (Lipinski definition) is 5. The Bertz CT molecular complexity index is 380. The number of nitrogens with one attached hydrogen (secondary N) is 1. The first-order valence-electron chi connectivity index (χ1n) is 7.55. The zero-order chi connectivity index (χ0) is 15.8. The van der Waals surface area contributed by atoms with Crippen molar-refractivity contribution in [1.29, 1.82) is 0 Å². The molecule has 0 spiro atoms. The van der Waals surface area contributed by atoms with Crippen LogP contribution in [0, 0.1) is 0 Å². The van der Waals surface area contributed by atoms with Gasteiger partial charge in [0.15, 0.2) is 0 Å².